The average Bonchev–Trinajstić information content (AvgIpc) is 2.16. The second kappa shape index (κ2) is 4.39. The van der Waals surface area contributed by atoms with Crippen molar-refractivity contribution < 1.29 is 9.53 Å². The van der Waals surface area contributed by atoms with Gasteiger partial charge >= 0.3 is 0 Å². The van der Waals surface area contributed by atoms with Gasteiger partial charge in [0.2, 0.25) is 6.08 Å². The number of nitrogens with zero attached hydrogens (tertiary/aromatic N) is 1. The predicted octanol–water partition coefficient (Wildman–Crippen LogP) is 1.67. The number of ether oxygens (including phenoxy) is 1. The fourth-order valence-electron chi connectivity index (χ4n) is 1.80. The number of hydrogen-bond donors (Lipinski definition) is 0. The van der Waals surface area contributed by atoms with Crippen LogP contribution in [0.3, 0.4) is 0 Å². The predicted molar refractivity (Wildman–Crippen MR) is 45.8 cm³/mol. The minimum absolute atomic E-state index is 0.157. The van der Waals surface area contributed by atoms with Crippen molar-refractivity contribution in [3.05, 3.63) is 0 Å². The standard InChI is InChI=1S/C9H15NO2/c1-12-9(7-10-8-11)5-3-2-4-6-9/h2-7H2,1H3. The number of hydrogen-bond acceptors (Lipinski definition) is 3. The van der Waals surface area contributed by atoms with Crippen molar-refractivity contribution in [1.82, 2.24) is 0 Å². The zero-order valence-corrected chi connectivity index (χ0v) is 7.51. The highest BCUT2D eigenvalue weighted by molar-refractivity contribution is 5.33. The first-order valence-electron chi connectivity index (χ1n) is 4.42. The third-order valence-electron chi connectivity index (χ3n) is 2.63. The molecule has 0 spiro atoms. The molecule has 0 aliphatic heterocycles. The van der Waals surface area contributed by atoms with Crippen molar-refractivity contribution >= 4 is 6.08 Å². The Hall–Kier alpha value is -0.660. The summed E-state index contributed by atoms with van der Waals surface area (Å²) < 4.78 is 5.41. The number of isocyanates is 1. The van der Waals surface area contributed by atoms with Crippen molar-refractivity contribution in [1.29, 1.82) is 0 Å². The zero-order valence-electron chi connectivity index (χ0n) is 7.51. The van der Waals surface area contributed by atoms with Gasteiger partial charge in [0.05, 0.1) is 12.1 Å². The van der Waals surface area contributed by atoms with Gasteiger partial charge < -0.3 is 4.74 Å². The highest BCUT2D eigenvalue weighted by atomic mass is 16.5. The molecule has 0 heterocycles. The fourth-order valence-corrected chi connectivity index (χ4v) is 1.80. The topological polar surface area (TPSA) is 38.7 Å². The van der Waals surface area contributed by atoms with E-state index in [1.54, 1.807) is 13.2 Å². The molecule has 0 amide bonds. The molecule has 1 aliphatic carbocycles. The van der Waals surface area contributed by atoms with Gasteiger partial charge in [-0.25, -0.2) is 9.79 Å². The van der Waals surface area contributed by atoms with E-state index in [1.165, 1.54) is 19.3 Å². The molecule has 12 heavy (non-hydrogen) atoms. The number of rotatable bonds is 3. The molecule has 3 nitrogen and oxygen atoms in total. The lowest BCUT2D eigenvalue weighted by molar-refractivity contribution is -0.0308. The van der Waals surface area contributed by atoms with E-state index in [-0.39, 0.29) is 5.60 Å². The first kappa shape index (κ1) is 9.43. The molecule has 1 aliphatic rings. The Morgan fingerprint density at radius 1 is 1.42 bits per heavy atom. The molecule has 0 aromatic rings. The third kappa shape index (κ3) is 2.16. The van der Waals surface area contributed by atoms with Crippen molar-refractivity contribution in [2.24, 2.45) is 4.99 Å². The van der Waals surface area contributed by atoms with Gasteiger partial charge in [-0.1, -0.05) is 19.3 Å². The summed E-state index contributed by atoms with van der Waals surface area (Å²) in [6.07, 6.45) is 7.25. The van der Waals surface area contributed by atoms with Gasteiger partial charge in [-0.05, 0) is 12.8 Å². The maximum absolute atomic E-state index is 9.96. The van der Waals surface area contributed by atoms with Crippen LogP contribution in [0, 0.1) is 0 Å². The van der Waals surface area contributed by atoms with Crippen LogP contribution in [0.15, 0.2) is 4.99 Å². The lowest BCUT2D eigenvalue weighted by Gasteiger charge is -2.33. The number of methoxy groups -OCH3 is 1. The van der Waals surface area contributed by atoms with Crippen molar-refractivity contribution in [3.63, 3.8) is 0 Å². The first-order chi connectivity index (χ1) is 5.83. The largest absolute Gasteiger partial charge is 0.376 e. The van der Waals surface area contributed by atoms with Gasteiger partial charge in [0.1, 0.15) is 0 Å². The van der Waals surface area contributed by atoms with Crippen LogP contribution in [0.2, 0.25) is 0 Å². The molecule has 3 heteroatoms. The highest BCUT2D eigenvalue weighted by Crippen LogP contribution is 2.31. The third-order valence-corrected chi connectivity index (χ3v) is 2.63. The Morgan fingerprint density at radius 2 is 2.08 bits per heavy atom. The van der Waals surface area contributed by atoms with Crippen molar-refractivity contribution in [2.45, 2.75) is 37.7 Å². The molecule has 1 rings (SSSR count). The van der Waals surface area contributed by atoms with Crippen LogP contribution in [0.1, 0.15) is 32.1 Å². The Kier molecular flexibility index (Phi) is 3.45. The van der Waals surface area contributed by atoms with Gasteiger partial charge in [0.25, 0.3) is 0 Å². The lowest BCUT2D eigenvalue weighted by Crippen LogP contribution is -2.37. The summed E-state index contributed by atoms with van der Waals surface area (Å²) >= 11 is 0. The van der Waals surface area contributed by atoms with Gasteiger partial charge in [-0.2, -0.15) is 0 Å². The smallest absolute Gasteiger partial charge is 0.235 e. The molecule has 0 aromatic heterocycles. The van der Waals surface area contributed by atoms with Gasteiger partial charge in [-0.3, -0.25) is 0 Å². The lowest BCUT2D eigenvalue weighted by atomic mass is 9.85. The van der Waals surface area contributed by atoms with E-state index in [0.29, 0.717) is 6.54 Å². The fraction of sp³-hybridized carbons (Fsp3) is 0.889. The van der Waals surface area contributed by atoms with E-state index in [0.717, 1.165) is 12.8 Å². The molecule has 68 valence electrons. The molecule has 0 aromatic carbocycles. The monoisotopic (exact) mass is 169 g/mol. The minimum atomic E-state index is -0.157. The molecule has 0 bridgehead atoms. The Morgan fingerprint density at radius 3 is 2.58 bits per heavy atom. The normalized spacial score (nSPS) is 21.4. The molecule has 0 saturated heterocycles. The summed E-state index contributed by atoms with van der Waals surface area (Å²) in [5, 5.41) is 0. The highest BCUT2D eigenvalue weighted by Gasteiger charge is 2.31. The van der Waals surface area contributed by atoms with Gasteiger partial charge in [0, 0.05) is 7.11 Å². The van der Waals surface area contributed by atoms with E-state index in [2.05, 4.69) is 4.99 Å². The molecule has 0 unspecified atom stereocenters. The summed E-state index contributed by atoms with van der Waals surface area (Å²) in [6, 6.07) is 0. The quantitative estimate of drug-likeness (QED) is 0.476. The maximum Gasteiger partial charge on any atom is 0.235 e. The van der Waals surface area contributed by atoms with Crippen LogP contribution in [-0.4, -0.2) is 25.3 Å². The number of carbonyl (C=O) groups excluding carboxylic acids is 1. The molecule has 0 radical (unpaired) electrons. The van der Waals surface area contributed by atoms with E-state index >= 15 is 0 Å². The summed E-state index contributed by atoms with van der Waals surface area (Å²) in [5.74, 6) is 0. The van der Waals surface area contributed by atoms with Crippen LogP contribution >= 0.6 is 0 Å². The summed E-state index contributed by atoms with van der Waals surface area (Å²) in [4.78, 5) is 13.6. The molecular weight excluding hydrogens is 154 g/mol. The van der Waals surface area contributed by atoms with Gasteiger partial charge in [-0.15, -0.1) is 0 Å². The van der Waals surface area contributed by atoms with Crippen LogP contribution in [0.4, 0.5) is 0 Å². The summed E-state index contributed by atoms with van der Waals surface area (Å²) in [5.41, 5.74) is -0.157. The Labute approximate surface area is 72.8 Å². The Balaban J connectivity index is 2.53. The molecular formula is C9H15NO2. The SMILES string of the molecule is COC1(CN=C=O)CCCCC1. The second-order valence-electron chi connectivity index (χ2n) is 3.36. The maximum atomic E-state index is 9.96. The summed E-state index contributed by atoms with van der Waals surface area (Å²) in [6.45, 7) is 0.479. The molecule has 1 fully saturated rings. The van der Waals surface area contributed by atoms with E-state index < -0.39 is 0 Å². The molecule has 1 saturated carbocycles. The first-order valence-corrected chi connectivity index (χ1v) is 4.42. The van der Waals surface area contributed by atoms with Crippen molar-refractivity contribution in [3.8, 4) is 0 Å². The Bertz CT molecular complexity index is 179. The molecule has 0 atom stereocenters. The molecule has 0 N–H and O–H groups in total. The van der Waals surface area contributed by atoms with E-state index in [9.17, 15) is 4.79 Å². The minimum Gasteiger partial charge on any atom is -0.376 e. The van der Waals surface area contributed by atoms with Crippen LogP contribution in [0.25, 0.3) is 0 Å². The van der Waals surface area contributed by atoms with Crippen LogP contribution in [0.5, 0.6) is 0 Å². The van der Waals surface area contributed by atoms with E-state index in [1.807, 2.05) is 0 Å². The second-order valence-corrected chi connectivity index (χ2v) is 3.36. The van der Waals surface area contributed by atoms with Crippen LogP contribution in [-0.2, 0) is 9.53 Å². The van der Waals surface area contributed by atoms with E-state index in [4.69, 9.17) is 4.74 Å². The van der Waals surface area contributed by atoms with Gasteiger partial charge in [0.15, 0.2) is 0 Å². The number of aliphatic imine (C=N–C) groups is 1. The van der Waals surface area contributed by atoms with Crippen LogP contribution < -0.4 is 0 Å². The summed E-state index contributed by atoms with van der Waals surface area (Å²) in [7, 11) is 1.70. The zero-order chi connectivity index (χ0) is 8.86. The van der Waals surface area contributed by atoms with Crippen molar-refractivity contribution in [2.75, 3.05) is 13.7 Å². The average molecular weight is 169 g/mol.